The van der Waals surface area contributed by atoms with Crippen molar-refractivity contribution < 1.29 is 9.52 Å². The molecule has 0 saturated carbocycles. The number of furan rings is 1. The summed E-state index contributed by atoms with van der Waals surface area (Å²) in [5, 5.41) is 28.7. The molecule has 0 amide bonds. The van der Waals surface area contributed by atoms with Crippen molar-refractivity contribution in [3.63, 3.8) is 0 Å². The molecule has 0 aliphatic rings. The number of nitrogens with one attached hydrogen (secondary N) is 2. The van der Waals surface area contributed by atoms with Gasteiger partial charge in [0.1, 0.15) is 24.2 Å². The maximum absolute atomic E-state index is 8.99. The third kappa shape index (κ3) is 3.46. The van der Waals surface area contributed by atoms with Crippen LogP contribution in [0.3, 0.4) is 0 Å². The highest BCUT2D eigenvalue weighted by Gasteiger charge is 2.05. The van der Waals surface area contributed by atoms with E-state index in [1.807, 2.05) is 6.07 Å². The lowest BCUT2D eigenvalue weighted by molar-refractivity contribution is 0.248. The fraction of sp³-hybridized carbons (Fsp3) is 0.0714. The zero-order valence-corrected chi connectivity index (χ0v) is 11.0. The summed E-state index contributed by atoms with van der Waals surface area (Å²) in [7, 11) is 0. The Hall–Kier alpha value is -3.11. The molecule has 0 bridgehead atoms. The zero-order chi connectivity index (χ0) is 15.2. The second-order valence-electron chi connectivity index (χ2n) is 4.10. The molecule has 2 aromatic rings. The van der Waals surface area contributed by atoms with Crippen LogP contribution in [0.1, 0.15) is 5.76 Å². The molecule has 7 nitrogen and oxygen atoms in total. The van der Waals surface area contributed by atoms with Crippen molar-refractivity contribution in [3.05, 3.63) is 42.2 Å². The summed E-state index contributed by atoms with van der Waals surface area (Å²) in [6.07, 6.45) is 0. The van der Waals surface area contributed by atoms with Crippen molar-refractivity contribution in [2.75, 3.05) is 5.43 Å². The summed E-state index contributed by atoms with van der Waals surface area (Å²) < 4.78 is 5.44. The van der Waals surface area contributed by atoms with Crippen LogP contribution in [0.2, 0.25) is 0 Å². The minimum atomic E-state index is -0.403. The highest BCUT2D eigenvalue weighted by atomic mass is 16.4. The third-order valence-corrected chi connectivity index (χ3v) is 2.62. The Kier molecular flexibility index (Phi) is 4.33. The van der Waals surface area contributed by atoms with Gasteiger partial charge in [-0.1, -0.05) is 12.1 Å². The molecule has 2 rings (SSSR count). The fourth-order valence-electron chi connectivity index (χ4n) is 1.63. The van der Waals surface area contributed by atoms with Crippen molar-refractivity contribution in [2.24, 2.45) is 10.8 Å². The Morgan fingerprint density at radius 1 is 1.43 bits per heavy atom. The van der Waals surface area contributed by atoms with E-state index < -0.39 is 5.84 Å². The Balaban J connectivity index is 2.22. The molecule has 21 heavy (non-hydrogen) atoms. The highest BCUT2D eigenvalue weighted by Crippen LogP contribution is 2.24. The average molecular weight is 283 g/mol. The lowest BCUT2D eigenvalue weighted by Gasteiger charge is -2.03. The van der Waals surface area contributed by atoms with E-state index in [1.165, 1.54) is 0 Å². The molecule has 0 unspecified atom stereocenters. The lowest BCUT2D eigenvalue weighted by atomic mass is 10.1. The zero-order valence-electron chi connectivity index (χ0n) is 11.0. The molecule has 0 aliphatic carbocycles. The highest BCUT2D eigenvalue weighted by molar-refractivity contribution is 6.45. The number of benzene rings is 1. The molecule has 7 heteroatoms. The second kappa shape index (κ2) is 6.36. The van der Waals surface area contributed by atoms with Gasteiger partial charge < -0.3 is 15.3 Å². The molecular formula is C14H13N5O2. The van der Waals surface area contributed by atoms with Gasteiger partial charge in [0, 0.05) is 5.56 Å². The van der Waals surface area contributed by atoms with Crippen LogP contribution >= 0.6 is 0 Å². The van der Waals surface area contributed by atoms with E-state index in [9.17, 15) is 0 Å². The molecule has 0 saturated heterocycles. The number of rotatable bonds is 5. The minimum absolute atomic E-state index is 0.160. The first-order valence-corrected chi connectivity index (χ1v) is 6.02. The topological polar surface area (TPSA) is 131 Å². The Morgan fingerprint density at radius 3 is 2.86 bits per heavy atom. The van der Waals surface area contributed by atoms with Gasteiger partial charge in [-0.2, -0.15) is 10.4 Å². The van der Waals surface area contributed by atoms with Crippen molar-refractivity contribution in [1.82, 2.24) is 0 Å². The first-order chi connectivity index (χ1) is 10.1. The molecular weight excluding hydrogens is 270 g/mol. The Bertz CT molecular complexity index is 727. The quantitative estimate of drug-likeness (QED) is 0.376. The van der Waals surface area contributed by atoms with Crippen LogP contribution in [-0.2, 0) is 6.61 Å². The van der Waals surface area contributed by atoms with Gasteiger partial charge >= 0.3 is 0 Å². The Labute approximate surface area is 120 Å². The summed E-state index contributed by atoms with van der Waals surface area (Å²) in [6, 6.07) is 12.3. The van der Waals surface area contributed by atoms with E-state index in [0.717, 1.165) is 5.56 Å². The largest absolute Gasteiger partial charge is 0.459 e. The number of nitriles is 1. The summed E-state index contributed by atoms with van der Waals surface area (Å²) in [4.78, 5) is 0. The summed E-state index contributed by atoms with van der Waals surface area (Å²) in [6.45, 7) is -0.160. The van der Waals surface area contributed by atoms with Gasteiger partial charge in [0.15, 0.2) is 5.84 Å². The molecule has 0 aliphatic heterocycles. The predicted molar refractivity (Wildman–Crippen MR) is 78.7 cm³/mol. The number of nitrogens with two attached hydrogens (primary N) is 1. The average Bonchev–Trinajstić information content (AvgIpc) is 2.97. The molecule has 1 heterocycles. The van der Waals surface area contributed by atoms with Gasteiger partial charge in [0.25, 0.3) is 0 Å². The molecule has 0 radical (unpaired) electrons. The maximum Gasteiger partial charge on any atom is 0.201 e. The molecule has 1 aromatic carbocycles. The second-order valence-corrected chi connectivity index (χ2v) is 4.10. The van der Waals surface area contributed by atoms with Crippen molar-refractivity contribution in [1.29, 1.82) is 10.7 Å². The van der Waals surface area contributed by atoms with Crippen LogP contribution < -0.4 is 11.2 Å². The lowest BCUT2D eigenvalue weighted by Crippen LogP contribution is -2.21. The summed E-state index contributed by atoms with van der Waals surface area (Å²) in [5.41, 5.74) is 9.07. The maximum atomic E-state index is 8.99. The fourth-order valence-corrected chi connectivity index (χ4v) is 1.63. The van der Waals surface area contributed by atoms with E-state index in [4.69, 9.17) is 25.9 Å². The smallest absolute Gasteiger partial charge is 0.201 e. The number of nitrogens with zero attached hydrogens (tertiary/aromatic N) is 2. The molecule has 1 aromatic heterocycles. The number of amidine groups is 1. The molecule has 0 atom stereocenters. The molecule has 106 valence electrons. The summed E-state index contributed by atoms with van der Waals surface area (Å²) in [5.74, 6) is 0.684. The van der Waals surface area contributed by atoms with Crippen LogP contribution in [0.4, 0.5) is 5.69 Å². The van der Waals surface area contributed by atoms with Gasteiger partial charge in [-0.05, 0) is 24.3 Å². The van der Waals surface area contributed by atoms with Crippen LogP contribution in [-0.4, -0.2) is 16.7 Å². The molecule has 5 N–H and O–H groups in total. The van der Waals surface area contributed by atoms with E-state index in [0.29, 0.717) is 17.2 Å². The normalized spacial score (nSPS) is 11.0. The van der Waals surface area contributed by atoms with Crippen LogP contribution in [0, 0.1) is 16.7 Å². The van der Waals surface area contributed by atoms with Crippen molar-refractivity contribution >= 4 is 17.2 Å². The molecule has 0 fully saturated rings. The van der Waals surface area contributed by atoms with E-state index in [-0.39, 0.29) is 12.3 Å². The van der Waals surface area contributed by atoms with Crippen molar-refractivity contribution in [3.8, 4) is 17.4 Å². The van der Waals surface area contributed by atoms with E-state index >= 15 is 0 Å². The predicted octanol–water partition coefficient (Wildman–Crippen LogP) is 1.67. The van der Waals surface area contributed by atoms with Gasteiger partial charge in [-0.25, -0.2) is 0 Å². The van der Waals surface area contributed by atoms with Gasteiger partial charge in [-0.15, -0.1) is 0 Å². The summed E-state index contributed by atoms with van der Waals surface area (Å²) >= 11 is 0. The first kappa shape index (κ1) is 14.3. The monoisotopic (exact) mass is 283 g/mol. The number of hydrogen-bond acceptors (Lipinski definition) is 6. The minimum Gasteiger partial charge on any atom is -0.459 e. The number of aliphatic hydroxyl groups excluding tert-OH is 1. The SMILES string of the molecule is N#C/C(=N\Nc1cccc(-c2ccc(CO)o2)c1)C(=N)N. The number of hydrazone groups is 1. The molecule has 0 spiro atoms. The van der Waals surface area contributed by atoms with Crippen LogP contribution in [0.25, 0.3) is 11.3 Å². The van der Waals surface area contributed by atoms with Crippen LogP contribution in [0.15, 0.2) is 45.9 Å². The van der Waals surface area contributed by atoms with E-state index in [1.54, 1.807) is 36.4 Å². The number of anilines is 1. The first-order valence-electron chi connectivity index (χ1n) is 6.02. The van der Waals surface area contributed by atoms with Gasteiger partial charge in [0.2, 0.25) is 5.71 Å². The Morgan fingerprint density at radius 2 is 2.24 bits per heavy atom. The van der Waals surface area contributed by atoms with Crippen molar-refractivity contribution in [2.45, 2.75) is 6.61 Å². The van der Waals surface area contributed by atoms with E-state index in [2.05, 4.69) is 10.5 Å². The van der Waals surface area contributed by atoms with Crippen LogP contribution in [0.5, 0.6) is 0 Å². The number of aliphatic hydroxyl groups is 1. The van der Waals surface area contributed by atoms with Gasteiger partial charge in [-0.3, -0.25) is 10.8 Å². The number of hydrogen-bond donors (Lipinski definition) is 4. The van der Waals surface area contributed by atoms with Gasteiger partial charge in [0.05, 0.1) is 5.69 Å². The third-order valence-electron chi connectivity index (χ3n) is 2.62. The standard InChI is InChI=1S/C14H13N5O2/c15-7-12(14(16)17)19-18-10-3-1-2-9(6-10)13-5-4-11(8-20)21-13/h1-6,18,20H,8H2,(H3,16,17)/b19-12+.